The van der Waals surface area contributed by atoms with Crippen LogP contribution in [0.3, 0.4) is 0 Å². The van der Waals surface area contributed by atoms with Gasteiger partial charge in [-0.05, 0) is 55.5 Å². The number of esters is 1. The van der Waals surface area contributed by atoms with Crippen LogP contribution in [-0.2, 0) is 19.1 Å². The SMILES string of the molecule is COc1ccc(OC)c(/C=C/C(=O)O[C@H](C)C(=O)Nc2ccc(NC(C)=O)cc2)c1. The van der Waals surface area contributed by atoms with Crippen molar-refractivity contribution in [2.45, 2.75) is 20.0 Å². The summed E-state index contributed by atoms with van der Waals surface area (Å²) in [4.78, 5) is 35.4. The lowest BCUT2D eigenvalue weighted by Gasteiger charge is -2.13. The Balaban J connectivity index is 1.94. The third-order valence-corrected chi connectivity index (χ3v) is 3.97. The number of nitrogens with one attached hydrogen (secondary N) is 2. The Morgan fingerprint density at radius 2 is 1.57 bits per heavy atom. The zero-order valence-electron chi connectivity index (χ0n) is 17.2. The highest BCUT2D eigenvalue weighted by molar-refractivity contribution is 5.97. The lowest BCUT2D eigenvalue weighted by atomic mass is 10.1. The van der Waals surface area contributed by atoms with Gasteiger partial charge in [-0.2, -0.15) is 0 Å². The first kappa shape index (κ1) is 22.5. The Hall–Kier alpha value is -3.81. The van der Waals surface area contributed by atoms with Crippen molar-refractivity contribution in [3.8, 4) is 11.5 Å². The summed E-state index contributed by atoms with van der Waals surface area (Å²) >= 11 is 0. The number of rotatable bonds is 8. The van der Waals surface area contributed by atoms with Crippen LogP contribution in [0.2, 0.25) is 0 Å². The minimum Gasteiger partial charge on any atom is -0.497 e. The van der Waals surface area contributed by atoms with E-state index in [9.17, 15) is 14.4 Å². The second-order valence-electron chi connectivity index (χ2n) is 6.27. The van der Waals surface area contributed by atoms with Gasteiger partial charge in [0.2, 0.25) is 5.91 Å². The molecule has 0 aliphatic rings. The fourth-order valence-corrected chi connectivity index (χ4v) is 2.48. The summed E-state index contributed by atoms with van der Waals surface area (Å²) in [5, 5.41) is 5.28. The Kier molecular flexibility index (Phi) is 7.99. The van der Waals surface area contributed by atoms with Crippen LogP contribution in [0.15, 0.2) is 48.5 Å². The first-order valence-electron chi connectivity index (χ1n) is 9.11. The summed E-state index contributed by atoms with van der Waals surface area (Å²) in [6, 6.07) is 11.7. The highest BCUT2D eigenvalue weighted by Crippen LogP contribution is 2.25. The molecule has 0 fully saturated rings. The maximum Gasteiger partial charge on any atom is 0.331 e. The van der Waals surface area contributed by atoms with Crippen molar-refractivity contribution in [2.24, 2.45) is 0 Å². The molecule has 0 aliphatic heterocycles. The van der Waals surface area contributed by atoms with Gasteiger partial charge in [0.25, 0.3) is 5.91 Å². The third-order valence-electron chi connectivity index (χ3n) is 3.97. The third kappa shape index (κ3) is 6.66. The van der Waals surface area contributed by atoms with Gasteiger partial charge in [0.15, 0.2) is 6.10 Å². The van der Waals surface area contributed by atoms with Gasteiger partial charge in [0.1, 0.15) is 11.5 Å². The van der Waals surface area contributed by atoms with Crippen LogP contribution in [-0.4, -0.2) is 38.1 Å². The Bertz CT molecular complexity index is 937. The van der Waals surface area contributed by atoms with Gasteiger partial charge >= 0.3 is 5.97 Å². The van der Waals surface area contributed by atoms with Crippen LogP contribution in [0.5, 0.6) is 11.5 Å². The molecule has 2 amide bonds. The average Bonchev–Trinajstić information content (AvgIpc) is 2.72. The lowest BCUT2D eigenvalue weighted by Crippen LogP contribution is -2.29. The van der Waals surface area contributed by atoms with Crippen LogP contribution >= 0.6 is 0 Å². The number of ether oxygens (including phenoxy) is 3. The molecule has 2 N–H and O–H groups in total. The van der Waals surface area contributed by atoms with E-state index in [1.165, 1.54) is 40.2 Å². The zero-order valence-corrected chi connectivity index (χ0v) is 17.2. The molecule has 0 unspecified atom stereocenters. The molecule has 158 valence electrons. The largest absolute Gasteiger partial charge is 0.497 e. The second-order valence-corrected chi connectivity index (χ2v) is 6.27. The predicted molar refractivity (Wildman–Crippen MR) is 114 cm³/mol. The summed E-state index contributed by atoms with van der Waals surface area (Å²) in [6.45, 7) is 2.88. The minimum atomic E-state index is -1.01. The van der Waals surface area contributed by atoms with Crippen LogP contribution in [0, 0.1) is 0 Å². The van der Waals surface area contributed by atoms with E-state index in [0.717, 1.165) is 0 Å². The van der Waals surface area contributed by atoms with E-state index in [2.05, 4.69) is 10.6 Å². The highest BCUT2D eigenvalue weighted by atomic mass is 16.5. The predicted octanol–water partition coefficient (Wildman–Crippen LogP) is 3.25. The fraction of sp³-hybridized carbons (Fsp3) is 0.227. The van der Waals surface area contributed by atoms with Gasteiger partial charge in [-0.3, -0.25) is 9.59 Å². The molecule has 0 bridgehead atoms. The number of hydrogen-bond donors (Lipinski definition) is 2. The van der Waals surface area contributed by atoms with Crippen molar-refractivity contribution in [3.05, 3.63) is 54.1 Å². The fourth-order valence-electron chi connectivity index (χ4n) is 2.48. The Morgan fingerprint density at radius 1 is 0.933 bits per heavy atom. The molecule has 0 saturated heterocycles. The summed E-state index contributed by atoms with van der Waals surface area (Å²) in [5.74, 6) is -0.173. The Labute approximate surface area is 174 Å². The maximum atomic E-state index is 12.3. The normalized spacial score (nSPS) is 11.5. The van der Waals surface area contributed by atoms with Gasteiger partial charge in [-0.15, -0.1) is 0 Å². The number of anilines is 2. The van der Waals surface area contributed by atoms with E-state index in [0.29, 0.717) is 28.4 Å². The highest BCUT2D eigenvalue weighted by Gasteiger charge is 2.17. The van der Waals surface area contributed by atoms with Gasteiger partial charge in [-0.1, -0.05) is 0 Å². The van der Waals surface area contributed by atoms with Crippen LogP contribution < -0.4 is 20.1 Å². The lowest BCUT2D eigenvalue weighted by molar-refractivity contribution is -0.148. The number of methoxy groups -OCH3 is 2. The van der Waals surface area contributed by atoms with Crippen molar-refractivity contribution in [1.29, 1.82) is 0 Å². The molecule has 8 nitrogen and oxygen atoms in total. The van der Waals surface area contributed by atoms with E-state index in [1.54, 1.807) is 42.5 Å². The van der Waals surface area contributed by atoms with E-state index in [1.807, 2.05) is 0 Å². The van der Waals surface area contributed by atoms with E-state index >= 15 is 0 Å². The summed E-state index contributed by atoms with van der Waals surface area (Å²) < 4.78 is 15.6. The number of carbonyl (C=O) groups excluding carboxylic acids is 3. The topological polar surface area (TPSA) is 103 Å². The number of benzene rings is 2. The summed E-state index contributed by atoms with van der Waals surface area (Å²) in [6.07, 6.45) is 1.72. The minimum absolute atomic E-state index is 0.188. The number of amides is 2. The molecule has 0 spiro atoms. The molecule has 8 heteroatoms. The van der Waals surface area contributed by atoms with Gasteiger partial charge in [0.05, 0.1) is 14.2 Å². The molecule has 0 aromatic heterocycles. The first-order valence-corrected chi connectivity index (χ1v) is 9.11. The molecule has 0 saturated carbocycles. The van der Waals surface area contributed by atoms with Gasteiger partial charge in [0, 0.05) is 29.9 Å². The van der Waals surface area contributed by atoms with Crippen molar-refractivity contribution < 1.29 is 28.6 Å². The summed E-state index contributed by atoms with van der Waals surface area (Å²) in [7, 11) is 3.06. The van der Waals surface area contributed by atoms with Crippen LogP contribution in [0.25, 0.3) is 6.08 Å². The van der Waals surface area contributed by atoms with Crippen molar-refractivity contribution in [1.82, 2.24) is 0 Å². The average molecular weight is 412 g/mol. The molecular weight excluding hydrogens is 388 g/mol. The van der Waals surface area contributed by atoms with Crippen molar-refractivity contribution >= 4 is 35.2 Å². The maximum absolute atomic E-state index is 12.3. The molecular formula is C22H24N2O6. The monoisotopic (exact) mass is 412 g/mol. The molecule has 0 heterocycles. The smallest absolute Gasteiger partial charge is 0.331 e. The van der Waals surface area contributed by atoms with Gasteiger partial charge < -0.3 is 24.8 Å². The molecule has 1 atom stereocenters. The van der Waals surface area contributed by atoms with E-state index in [4.69, 9.17) is 14.2 Å². The molecule has 0 radical (unpaired) electrons. The molecule has 2 aromatic carbocycles. The van der Waals surface area contributed by atoms with Crippen LogP contribution in [0.4, 0.5) is 11.4 Å². The molecule has 0 aliphatic carbocycles. The summed E-state index contributed by atoms with van der Waals surface area (Å²) in [5.41, 5.74) is 1.75. The molecule has 2 aromatic rings. The standard InChI is InChI=1S/C22H24N2O6/c1-14(22(27)24-18-8-6-17(7-9-18)23-15(2)25)30-21(26)12-5-16-13-19(28-3)10-11-20(16)29-4/h5-14H,1-4H3,(H,23,25)(H,24,27)/b12-5+/t14-/m1/s1. The van der Waals surface area contributed by atoms with E-state index < -0.39 is 18.0 Å². The van der Waals surface area contributed by atoms with Gasteiger partial charge in [-0.25, -0.2) is 4.79 Å². The first-order chi connectivity index (χ1) is 14.3. The zero-order chi connectivity index (χ0) is 22.1. The molecule has 30 heavy (non-hydrogen) atoms. The number of carbonyl (C=O) groups is 3. The van der Waals surface area contributed by atoms with Crippen molar-refractivity contribution in [3.63, 3.8) is 0 Å². The van der Waals surface area contributed by atoms with Crippen molar-refractivity contribution in [2.75, 3.05) is 24.9 Å². The van der Waals surface area contributed by atoms with Crippen LogP contribution in [0.1, 0.15) is 19.4 Å². The Morgan fingerprint density at radius 3 is 2.13 bits per heavy atom. The second kappa shape index (κ2) is 10.7. The molecule has 2 rings (SSSR count). The quantitative estimate of drug-likeness (QED) is 0.510. The van der Waals surface area contributed by atoms with E-state index in [-0.39, 0.29) is 5.91 Å². The number of hydrogen-bond acceptors (Lipinski definition) is 6.